The molecule has 0 aliphatic carbocycles. The first-order valence-electron chi connectivity index (χ1n) is 4.37. The zero-order valence-corrected chi connectivity index (χ0v) is 9.91. The summed E-state index contributed by atoms with van der Waals surface area (Å²) in [4.78, 5) is 23.0. The van der Waals surface area contributed by atoms with E-state index in [-0.39, 0.29) is 0 Å². The highest BCUT2D eigenvalue weighted by Crippen LogP contribution is 2.01. The van der Waals surface area contributed by atoms with E-state index in [1.165, 1.54) is 9.15 Å². The van der Waals surface area contributed by atoms with Gasteiger partial charge in [0, 0.05) is 16.6 Å². The molecule has 0 unspecified atom stereocenters. The van der Waals surface area contributed by atoms with E-state index in [0.717, 1.165) is 15.2 Å². The van der Waals surface area contributed by atoms with Crippen LogP contribution in [0.1, 0.15) is 0 Å². The molecule has 0 N–H and O–H groups in total. The predicted molar refractivity (Wildman–Crippen MR) is 57.7 cm³/mol. The number of amides is 2. The molecule has 1 heterocycles. The minimum absolute atomic E-state index is 0.507. The van der Waals surface area contributed by atoms with Gasteiger partial charge in [0.15, 0.2) is 0 Å². The lowest BCUT2D eigenvalue weighted by Crippen LogP contribution is -2.58. The summed E-state index contributed by atoms with van der Waals surface area (Å²) in [6, 6.07) is 5.46. The maximum absolute atomic E-state index is 11.5. The van der Waals surface area contributed by atoms with E-state index in [9.17, 15) is 9.59 Å². The number of carbonyl (C=O) groups is 2. The van der Waals surface area contributed by atoms with Crippen LogP contribution in [0, 0.1) is 0 Å². The Labute approximate surface area is 94.3 Å². The minimum atomic E-state index is -0.511. The highest BCUT2D eigenvalue weighted by atomic mass is 79.9. The molecule has 0 spiro atoms. The van der Waals surface area contributed by atoms with Crippen molar-refractivity contribution in [1.82, 2.24) is 9.15 Å². The Bertz CT molecular complexity index is 604. The third-order valence-electron chi connectivity index (χ3n) is 2.45. The van der Waals surface area contributed by atoms with Crippen LogP contribution in [0.15, 0.2) is 22.7 Å². The van der Waals surface area contributed by atoms with Crippen LogP contribution in [-0.2, 0) is 9.59 Å². The Morgan fingerprint density at radius 3 is 2.13 bits per heavy atom. The highest BCUT2D eigenvalue weighted by molar-refractivity contribution is 9.10. The van der Waals surface area contributed by atoms with Crippen molar-refractivity contribution >= 4 is 27.7 Å². The smallest absolute Gasteiger partial charge is 0.203 e. The number of nitrogens with zero attached hydrogens (tertiary/aromatic N) is 2. The molecule has 0 bridgehead atoms. The molecule has 2 rings (SSSR count). The summed E-state index contributed by atoms with van der Waals surface area (Å²) < 4.78 is 3.61. The van der Waals surface area contributed by atoms with Crippen molar-refractivity contribution in [2.75, 3.05) is 14.1 Å². The van der Waals surface area contributed by atoms with E-state index in [4.69, 9.17) is 0 Å². The molecule has 2 amide bonds. The second-order valence-electron chi connectivity index (χ2n) is 3.36. The molecule has 0 radical (unpaired) electrons. The number of likely N-dealkylation sites (N-methyl/N-ethyl adjacent to an activating group) is 2. The fourth-order valence-corrected chi connectivity index (χ4v) is 1.90. The van der Waals surface area contributed by atoms with E-state index < -0.39 is 11.8 Å². The van der Waals surface area contributed by atoms with Crippen molar-refractivity contribution in [3.63, 3.8) is 0 Å². The molecule has 1 aliphatic heterocycles. The molecular formula is C10H9BrN2O2+2. The fourth-order valence-electron chi connectivity index (χ4n) is 1.55. The maximum atomic E-state index is 11.5. The molecule has 15 heavy (non-hydrogen) atoms. The minimum Gasteiger partial charge on any atom is -0.203 e. The zero-order chi connectivity index (χ0) is 11.2. The van der Waals surface area contributed by atoms with E-state index in [1.807, 2.05) is 12.1 Å². The number of hydrogen-bond donors (Lipinski definition) is 0. The topological polar surface area (TPSA) is 40.2 Å². The van der Waals surface area contributed by atoms with Gasteiger partial charge in [-0.2, -0.15) is 0 Å². The lowest BCUT2D eigenvalue weighted by Gasteiger charge is -1.98. The molecule has 4 nitrogen and oxygen atoms in total. The van der Waals surface area contributed by atoms with Crippen LogP contribution in [0.25, 0.3) is 0 Å². The maximum Gasteiger partial charge on any atom is 0.528 e. The first-order valence-corrected chi connectivity index (χ1v) is 5.17. The van der Waals surface area contributed by atoms with Gasteiger partial charge in [0.2, 0.25) is 0 Å². The van der Waals surface area contributed by atoms with Gasteiger partial charge in [0.1, 0.15) is 14.1 Å². The molecule has 76 valence electrons. The second-order valence-corrected chi connectivity index (χ2v) is 4.28. The average Bonchev–Trinajstić information content (AvgIpc) is 2.23. The number of carbonyl (C=O) groups excluding carboxylic acids is 2. The Morgan fingerprint density at radius 1 is 1.00 bits per heavy atom. The SMILES string of the molecule is C[N+]1=c2ccc(Br)cc2=[N+](C)C(=O)C1=O. The van der Waals surface area contributed by atoms with Gasteiger partial charge in [0.05, 0.1) is 0 Å². The molecule has 1 aromatic carbocycles. The van der Waals surface area contributed by atoms with Crippen molar-refractivity contribution in [1.29, 1.82) is 0 Å². The van der Waals surface area contributed by atoms with Crippen molar-refractivity contribution < 1.29 is 9.59 Å². The van der Waals surface area contributed by atoms with Crippen molar-refractivity contribution in [3.05, 3.63) is 33.4 Å². The number of benzene rings is 1. The van der Waals surface area contributed by atoms with Gasteiger partial charge in [-0.15, -0.1) is 9.15 Å². The number of hydrogen-bond acceptors (Lipinski definition) is 2. The lowest BCUT2D eigenvalue weighted by molar-refractivity contribution is -0.141. The predicted octanol–water partition coefficient (Wildman–Crippen LogP) is -1.24. The molecule has 0 atom stereocenters. The molecule has 0 fully saturated rings. The van der Waals surface area contributed by atoms with Crippen LogP contribution >= 0.6 is 15.9 Å². The molecule has 0 saturated carbocycles. The van der Waals surface area contributed by atoms with E-state index in [0.29, 0.717) is 0 Å². The van der Waals surface area contributed by atoms with E-state index in [1.54, 1.807) is 20.2 Å². The summed E-state index contributed by atoms with van der Waals surface area (Å²) in [5.74, 6) is -1.02. The molecule has 0 aromatic heterocycles. The molecule has 1 aromatic rings. The Kier molecular flexibility index (Phi) is 2.26. The summed E-state index contributed by atoms with van der Waals surface area (Å²) in [5.41, 5.74) is 0. The van der Waals surface area contributed by atoms with Crippen molar-refractivity contribution in [2.45, 2.75) is 0 Å². The van der Waals surface area contributed by atoms with Crippen LogP contribution in [-0.4, -0.2) is 25.9 Å². The summed E-state index contributed by atoms with van der Waals surface area (Å²) in [5, 5.41) is 1.47. The van der Waals surface area contributed by atoms with E-state index in [2.05, 4.69) is 15.9 Å². The first-order chi connectivity index (χ1) is 7.02. The van der Waals surface area contributed by atoms with Gasteiger partial charge in [-0.1, -0.05) is 15.9 Å². The molecule has 0 saturated heterocycles. The first kappa shape index (κ1) is 10.2. The van der Waals surface area contributed by atoms with Crippen LogP contribution in [0.2, 0.25) is 0 Å². The number of fused-ring (bicyclic) bond motifs is 1. The van der Waals surface area contributed by atoms with Crippen LogP contribution in [0.4, 0.5) is 0 Å². The van der Waals surface area contributed by atoms with Crippen LogP contribution in [0.3, 0.4) is 0 Å². The molecular weight excluding hydrogens is 260 g/mol. The van der Waals surface area contributed by atoms with Gasteiger partial charge >= 0.3 is 11.8 Å². The van der Waals surface area contributed by atoms with Gasteiger partial charge in [-0.25, -0.2) is 9.59 Å². The van der Waals surface area contributed by atoms with Gasteiger partial charge in [0.25, 0.3) is 10.7 Å². The van der Waals surface area contributed by atoms with Gasteiger partial charge < -0.3 is 0 Å². The zero-order valence-electron chi connectivity index (χ0n) is 8.32. The second kappa shape index (κ2) is 3.34. The van der Waals surface area contributed by atoms with Crippen LogP contribution < -0.4 is 19.9 Å². The Morgan fingerprint density at radius 2 is 1.53 bits per heavy atom. The normalized spacial score (nSPS) is 15.7. The summed E-state index contributed by atoms with van der Waals surface area (Å²) in [7, 11) is 3.19. The summed E-state index contributed by atoms with van der Waals surface area (Å²) in [6.45, 7) is 0. The lowest BCUT2D eigenvalue weighted by atomic mass is 10.3. The van der Waals surface area contributed by atoms with Gasteiger partial charge in [-0.05, 0) is 6.07 Å². The third kappa shape index (κ3) is 1.43. The van der Waals surface area contributed by atoms with Crippen molar-refractivity contribution in [3.8, 4) is 0 Å². The number of halogens is 1. The van der Waals surface area contributed by atoms with E-state index >= 15 is 0 Å². The van der Waals surface area contributed by atoms with Gasteiger partial charge in [-0.3, -0.25) is 0 Å². The summed E-state index contributed by atoms with van der Waals surface area (Å²) >= 11 is 3.33. The third-order valence-corrected chi connectivity index (χ3v) is 2.95. The quantitative estimate of drug-likeness (QED) is 0.436. The van der Waals surface area contributed by atoms with Crippen molar-refractivity contribution in [2.24, 2.45) is 0 Å². The Hall–Kier alpha value is -1.36. The summed E-state index contributed by atoms with van der Waals surface area (Å²) in [6.07, 6.45) is 0. The van der Waals surface area contributed by atoms with Crippen LogP contribution in [0.5, 0.6) is 0 Å². The fraction of sp³-hybridized carbons (Fsp3) is 0.200. The standard InChI is InChI=1S/C10H9BrN2O2/c1-12-7-4-3-6(11)5-8(7)13(2)10(15)9(12)14/h3-5H,1-2H3/q+2. The highest BCUT2D eigenvalue weighted by Gasteiger charge is 2.38. The molecule has 1 aliphatic rings. The molecule has 5 heteroatoms. The Balaban J connectivity index is 3.05. The largest absolute Gasteiger partial charge is 0.528 e. The average molecular weight is 269 g/mol. The number of rotatable bonds is 0. The monoisotopic (exact) mass is 268 g/mol.